The molecule has 4 rings (SSSR count). The summed E-state index contributed by atoms with van der Waals surface area (Å²) in [6.07, 6.45) is 3.34. The molecule has 7 heteroatoms. The number of methoxy groups -OCH3 is 3. The maximum absolute atomic E-state index is 11.7. The first-order valence-corrected chi connectivity index (χ1v) is 10.4. The zero-order chi connectivity index (χ0) is 21.5. The summed E-state index contributed by atoms with van der Waals surface area (Å²) in [5.74, 6) is 1.89. The summed E-state index contributed by atoms with van der Waals surface area (Å²) in [4.78, 5) is 11.0. The number of hydrogen-bond acceptors (Lipinski definition) is 7. The van der Waals surface area contributed by atoms with Gasteiger partial charge in [0.2, 0.25) is 5.88 Å². The highest BCUT2D eigenvalue weighted by Gasteiger charge is 2.53. The molecular weight excluding hydrogens is 382 g/mol. The van der Waals surface area contributed by atoms with Gasteiger partial charge in [0.25, 0.3) is 0 Å². The lowest BCUT2D eigenvalue weighted by molar-refractivity contribution is -0.00972. The number of aryl methyl sites for hydroxylation is 2. The van der Waals surface area contributed by atoms with E-state index in [1.807, 2.05) is 0 Å². The molecule has 2 aliphatic rings. The number of aliphatic hydroxyl groups is 1. The quantitative estimate of drug-likeness (QED) is 0.780. The fourth-order valence-electron chi connectivity index (χ4n) is 5.23. The van der Waals surface area contributed by atoms with Gasteiger partial charge < -0.3 is 19.3 Å². The van der Waals surface area contributed by atoms with E-state index in [0.717, 1.165) is 37.4 Å². The Morgan fingerprint density at radius 2 is 1.90 bits per heavy atom. The van der Waals surface area contributed by atoms with Crippen LogP contribution in [0.2, 0.25) is 0 Å². The van der Waals surface area contributed by atoms with Gasteiger partial charge in [0, 0.05) is 31.7 Å². The summed E-state index contributed by atoms with van der Waals surface area (Å²) in [6.45, 7) is 6.90. The van der Waals surface area contributed by atoms with Gasteiger partial charge in [0.05, 0.1) is 26.9 Å². The Morgan fingerprint density at radius 1 is 1.10 bits per heavy atom. The molecule has 0 amide bonds. The minimum absolute atomic E-state index is 0.128. The van der Waals surface area contributed by atoms with Crippen LogP contribution >= 0.6 is 0 Å². The number of benzene rings is 1. The predicted molar refractivity (Wildman–Crippen MR) is 113 cm³/mol. The van der Waals surface area contributed by atoms with Crippen LogP contribution in [0.5, 0.6) is 17.6 Å². The van der Waals surface area contributed by atoms with Crippen LogP contribution < -0.4 is 14.2 Å². The normalized spacial score (nSPS) is 25.9. The minimum atomic E-state index is -0.984. The van der Waals surface area contributed by atoms with E-state index in [1.165, 1.54) is 18.2 Å². The Labute approximate surface area is 178 Å². The Morgan fingerprint density at radius 3 is 2.60 bits per heavy atom. The average molecular weight is 414 g/mol. The predicted octanol–water partition coefficient (Wildman–Crippen LogP) is 2.85. The molecule has 3 atom stereocenters. The molecule has 0 radical (unpaired) electrons. The summed E-state index contributed by atoms with van der Waals surface area (Å²) >= 11 is 0. The minimum Gasteiger partial charge on any atom is -0.496 e. The Bertz CT molecular complexity index is 935. The maximum atomic E-state index is 11.7. The molecule has 2 heterocycles. The second-order valence-corrected chi connectivity index (χ2v) is 8.55. The SMILES string of the molecule is COc1ncc([C@]2(O)CC[C@H]3CN(Cc4cc(C)c(OC)cc4C)C[C@H]32)c(OC)n1. The largest absolute Gasteiger partial charge is 0.496 e. The van der Waals surface area contributed by atoms with Crippen LogP contribution in [0.4, 0.5) is 0 Å². The van der Waals surface area contributed by atoms with Gasteiger partial charge in [-0.2, -0.15) is 4.98 Å². The first-order valence-electron chi connectivity index (χ1n) is 10.4. The number of aromatic nitrogens is 2. The van der Waals surface area contributed by atoms with Crippen molar-refractivity contribution in [3.63, 3.8) is 0 Å². The van der Waals surface area contributed by atoms with Crippen LogP contribution in [0.3, 0.4) is 0 Å². The van der Waals surface area contributed by atoms with E-state index >= 15 is 0 Å². The van der Waals surface area contributed by atoms with Crippen molar-refractivity contribution in [2.24, 2.45) is 11.8 Å². The highest BCUT2D eigenvalue weighted by Crippen LogP contribution is 2.52. The molecule has 2 aromatic rings. The van der Waals surface area contributed by atoms with E-state index in [1.54, 1.807) is 20.4 Å². The van der Waals surface area contributed by atoms with Crippen molar-refractivity contribution in [2.75, 3.05) is 34.4 Å². The van der Waals surface area contributed by atoms with Gasteiger partial charge in [-0.05, 0) is 55.4 Å². The van der Waals surface area contributed by atoms with Crippen molar-refractivity contribution in [2.45, 2.75) is 38.8 Å². The van der Waals surface area contributed by atoms with Crippen molar-refractivity contribution in [1.82, 2.24) is 14.9 Å². The van der Waals surface area contributed by atoms with E-state index in [-0.39, 0.29) is 11.9 Å². The third-order valence-corrected chi connectivity index (χ3v) is 6.85. The highest BCUT2D eigenvalue weighted by molar-refractivity contribution is 5.41. The van der Waals surface area contributed by atoms with Crippen molar-refractivity contribution >= 4 is 0 Å². The number of rotatable bonds is 6. The first-order chi connectivity index (χ1) is 14.4. The number of nitrogens with zero attached hydrogens (tertiary/aromatic N) is 3. The van der Waals surface area contributed by atoms with Crippen LogP contribution in [-0.2, 0) is 12.1 Å². The Kier molecular flexibility index (Phi) is 5.59. The molecule has 0 unspecified atom stereocenters. The van der Waals surface area contributed by atoms with Crippen LogP contribution in [-0.4, -0.2) is 54.4 Å². The second-order valence-electron chi connectivity index (χ2n) is 8.55. The topological polar surface area (TPSA) is 76.9 Å². The van der Waals surface area contributed by atoms with Gasteiger partial charge in [0.15, 0.2) is 0 Å². The van der Waals surface area contributed by atoms with E-state index in [9.17, 15) is 5.11 Å². The molecule has 1 aromatic carbocycles. The van der Waals surface area contributed by atoms with E-state index in [2.05, 4.69) is 40.8 Å². The van der Waals surface area contributed by atoms with Crippen LogP contribution in [0.15, 0.2) is 18.3 Å². The molecule has 0 bridgehead atoms. The smallest absolute Gasteiger partial charge is 0.319 e. The summed E-state index contributed by atoms with van der Waals surface area (Å²) in [6, 6.07) is 4.57. The summed E-state index contributed by atoms with van der Waals surface area (Å²) in [5.41, 5.74) is 3.37. The molecule has 162 valence electrons. The number of likely N-dealkylation sites (tertiary alicyclic amines) is 1. The van der Waals surface area contributed by atoms with Gasteiger partial charge in [-0.1, -0.05) is 6.07 Å². The lowest BCUT2D eigenvalue weighted by atomic mass is 9.83. The molecule has 7 nitrogen and oxygen atoms in total. The zero-order valence-corrected chi connectivity index (χ0v) is 18.4. The first kappa shape index (κ1) is 20.9. The molecule has 2 fully saturated rings. The highest BCUT2D eigenvalue weighted by atomic mass is 16.5. The van der Waals surface area contributed by atoms with Crippen LogP contribution in [0.25, 0.3) is 0 Å². The second kappa shape index (κ2) is 8.04. The van der Waals surface area contributed by atoms with Crippen LogP contribution in [0, 0.1) is 25.7 Å². The third kappa shape index (κ3) is 3.50. The maximum Gasteiger partial charge on any atom is 0.319 e. The van der Waals surface area contributed by atoms with Crippen LogP contribution in [0.1, 0.15) is 35.1 Å². The van der Waals surface area contributed by atoms with Crippen molar-refractivity contribution < 1.29 is 19.3 Å². The fraction of sp³-hybridized carbons (Fsp3) is 0.565. The average Bonchev–Trinajstić information content (AvgIpc) is 3.30. The Balaban J connectivity index is 1.56. The van der Waals surface area contributed by atoms with Gasteiger partial charge in [0.1, 0.15) is 11.4 Å². The summed E-state index contributed by atoms with van der Waals surface area (Å²) in [7, 11) is 4.80. The van der Waals surface area contributed by atoms with Gasteiger partial charge in [-0.3, -0.25) is 4.90 Å². The number of ether oxygens (including phenoxy) is 3. The van der Waals surface area contributed by atoms with Crippen molar-refractivity contribution in [1.29, 1.82) is 0 Å². The number of hydrogen-bond donors (Lipinski definition) is 1. The molecule has 1 aromatic heterocycles. The monoisotopic (exact) mass is 413 g/mol. The van der Waals surface area contributed by atoms with Crippen molar-refractivity contribution in [3.05, 3.63) is 40.6 Å². The van der Waals surface area contributed by atoms with Gasteiger partial charge >= 0.3 is 6.01 Å². The van der Waals surface area contributed by atoms with E-state index in [0.29, 0.717) is 23.8 Å². The summed E-state index contributed by atoms with van der Waals surface area (Å²) in [5, 5.41) is 11.7. The van der Waals surface area contributed by atoms with E-state index in [4.69, 9.17) is 14.2 Å². The Hall–Kier alpha value is -2.38. The molecular formula is C23H31N3O4. The third-order valence-electron chi connectivity index (χ3n) is 6.85. The molecule has 1 aliphatic carbocycles. The molecule has 1 aliphatic heterocycles. The fourth-order valence-corrected chi connectivity index (χ4v) is 5.23. The molecule has 1 N–H and O–H groups in total. The number of fused-ring (bicyclic) bond motifs is 1. The van der Waals surface area contributed by atoms with Gasteiger partial charge in [-0.15, -0.1) is 0 Å². The van der Waals surface area contributed by atoms with E-state index < -0.39 is 5.60 Å². The lowest BCUT2D eigenvalue weighted by Crippen LogP contribution is -2.35. The summed E-state index contributed by atoms with van der Waals surface area (Å²) < 4.78 is 16.0. The molecule has 30 heavy (non-hydrogen) atoms. The molecule has 1 saturated heterocycles. The lowest BCUT2D eigenvalue weighted by Gasteiger charge is -2.31. The standard InChI is InChI=1S/C23H31N3O4/c1-14-9-20(28-3)15(2)8-17(14)12-26-11-16-6-7-23(27,19(16)13-26)18-10-24-22(30-5)25-21(18)29-4/h8-10,16,19,27H,6-7,11-13H2,1-5H3/t16-,19+,23+/m0/s1. The molecule has 0 spiro atoms. The zero-order valence-electron chi connectivity index (χ0n) is 18.4. The van der Waals surface area contributed by atoms with Crippen molar-refractivity contribution in [3.8, 4) is 17.6 Å². The van der Waals surface area contributed by atoms with Gasteiger partial charge in [-0.25, -0.2) is 4.98 Å². The molecule has 1 saturated carbocycles.